The molecule has 0 saturated carbocycles. The van der Waals surface area contributed by atoms with Gasteiger partial charge in [-0.15, -0.1) is 11.3 Å². The predicted molar refractivity (Wildman–Crippen MR) is 52.5 cm³/mol. The lowest BCUT2D eigenvalue weighted by Gasteiger charge is -2.32. The highest BCUT2D eigenvalue weighted by Gasteiger charge is 2.28. The summed E-state index contributed by atoms with van der Waals surface area (Å²) in [5.41, 5.74) is 0. The van der Waals surface area contributed by atoms with Crippen molar-refractivity contribution < 1.29 is 9.90 Å². The van der Waals surface area contributed by atoms with Crippen molar-refractivity contribution in [2.45, 2.75) is 6.04 Å². The Labute approximate surface area is 85.4 Å². The first-order valence-corrected chi connectivity index (χ1v) is 5.26. The van der Waals surface area contributed by atoms with Crippen LogP contribution in [0.4, 0.5) is 4.79 Å². The molecular weight excluding hydrogens is 202 g/mol. The highest BCUT2D eigenvalue weighted by molar-refractivity contribution is 7.09. The molecule has 14 heavy (non-hydrogen) atoms. The van der Waals surface area contributed by atoms with E-state index in [1.807, 2.05) is 5.38 Å². The molecule has 1 aromatic rings. The third-order valence-electron chi connectivity index (χ3n) is 2.23. The van der Waals surface area contributed by atoms with Gasteiger partial charge in [0, 0.05) is 31.2 Å². The molecule has 1 saturated heterocycles. The van der Waals surface area contributed by atoms with Crippen LogP contribution < -0.4 is 5.32 Å². The summed E-state index contributed by atoms with van der Waals surface area (Å²) in [7, 11) is 0. The van der Waals surface area contributed by atoms with Gasteiger partial charge in [0.05, 0.1) is 6.04 Å². The highest BCUT2D eigenvalue weighted by Crippen LogP contribution is 2.23. The molecule has 0 radical (unpaired) electrons. The van der Waals surface area contributed by atoms with Crippen molar-refractivity contribution in [2.75, 3.05) is 19.6 Å². The molecule has 2 N–H and O–H groups in total. The Morgan fingerprint density at radius 1 is 1.79 bits per heavy atom. The third-order valence-corrected chi connectivity index (χ3v) is 3.10. The molecule has 5 nitrogen and oxygen atoms in total. The quantitative estimate of drug-likeness (QED) is 0.723. The van der Waals surface area contributed by atoms with Gasteiger partial charge < -0.3 is 10.4 Å². The van der Waals surface area contributed by atoms with Gasteiger partial charge >= 0.3 is 6.09 Å². The lowest BCUT2D eigenvalue weighted by molar-refractivity contribution is 0.112. The standard InChI is InChI=1S/C8H11N3O2S/c12-8(13)11-3-1-9-5-6(11)7-10-2-4-14-7/h2,4,6,9H,1,3,5H2,(H,12,13). The van der Waals surface area contributed by atoms with Crippen molar-refractivity contribution in [3.8, 4) is 0 Å². The molecule has 76 valence electrons. The van der Waals surface area contributed by atoms with Crippen LogP contribution in [0.2, 0.25) is 0 Å². The fraction of sp³-hybridized carbons (Fsp3) is 0.500. The molecule has 1 aliphatic rings. The summed E-state index contributed by atoms with van der Waals surface area (Å²) in [5.74, 6) is 0. The van der Waals surface area contributed by atoms with E-state index in [1.54, 1.807) is 6.20 Å². The zero-order chi connectivity index (χ0) is 9.97. The number of nitrogens with one attached hydrogen (secondary N) is 1. The van der Waals surface area contributed by atoms with Crippen LogP contribution in [-0.2, 0) is 0 Å². The van der Waals surface area contributed by atoms with Gasteiger partial charge in [-0.25, -0.2) is 9.78 Å². The average Bonchev–Trinajstić information content (AvgIpc) is 2.70. The Hall–Kier alpha value is -1.14. The van der Waals surface area contributed by atoms with E-state index in [9.17, 15) is 4.79 Å². The van der Waals surface area contributed by atoms with Gasteiger partial charge in [0.2, 0.25) is 0 Å². The van der Waals surface area contributed by atoms with Crippen molar-refractivity contribution in [1.82, 2.24) is 15.2 Å². The Morgan fingerprint density at radius 2 is 2.64 bits per heavy atom. The second-order valence-corrected chi connectivity index (χ2v) is 3.99. The Kier molecular flexibility index (Phi) is 2.64. The van der Waals surface area contributed by atoms with Gasteiger partial charge in [-0.1, -0.05) is 0 Å². The maximum absolute atomic E-state index is 10.9. The SMILES string of the molecule is O=C(O)N1CCNCC1c1nccs1. The maximum atomic E-state index is 10.9. The first-order chi connectivity index (χ1) is 6.79. The largest absolute Gasteiger partial charge is 0.465 e. The molecule has 1 atom stereocenters. The third kappa shape index (κ3) is 1.71. The molecular formula is C8H11N3O2S. The van der Waals surface area contributed by atoms with Crippen LogP contribution >= 0.6 is 11.3 Å². The summed E-state index contributed by atoms with van der Waals surface area (Å²) in [6.45, 7) is 1.90. The van der Waals surface area contributed by atoms with Gasteiger partial charge in [-0.05, 0) is 0 Å². The van der Waals surface area contributed by atoms with E-state index in [1.165, 1.54) is 16.2 Å². The minimum Gasteiger partial charge on any atom is -0.465 e. The molecule has 1 aromatic heterocycles. The van der Waals surface area contributed by atoms with E-state index >= 15 is 0 Å². The average molecular weight is 213 g/mol. The lowest BCUT2D eigenvalue weighted by Crippen LogP contribution is -2.48. The highest BCUT2D eigenvalue weighted by atomic mass is 32.1. The van der Waals surface area contributed by atoms with Crippen LogP contribution in [0.3, 0.4) is 0 Å². The van der Waals surface area contributed by atoms with Crippen LogP contribution in [0.25, 0.3) is 0 Å². The smallest absolute Gasteiger partial charge is 0.407 e. The summed E-state index contributed by atoms with van der Waals surface area (Å²) >= 11 is 1.49. The van der Waals surface area contributed by atoms with E-state index in [2.05, 4.69) is 10.3 Å². The van der Waals surface area contributed by atoms with Gasteiger partial charge in [-0.3, -0.25) is 4.90 Å². The second-order valence-electron chi connectivity index (χ2n) is 3.07. The second kappa shape index (κ2) is 3.93. The first kappa shape index (κ1) is 9.42. The molecule has 1 amide bonds. The van der Waals surface area contributed by atoms with Crippen molar-refractivity contribution in [3.05, 3.63) is 16.6 Å². The number of carbonyl (C=O) groups is 1. The van der Waals surface area contributed by atoms with Gasteiger partial charge in [0.15, 0.2) is 0 Å². The van der Waals surface area contributed by atoms with Crippen molar-refractivity contribution in [1.29, 1.82) is 0 Å². The molecule has 2 rings (SSSR count). The zero-order valence-corrected chi connectivity index (χ0v) is 8.33. The summed E-state index contributed by atoms with van der Waals surface area (Å²) in [6.07, 6.45) is 0.834. The van der Waals surface area contributed by atoms with E-state index in [-0.39, 0.29) is 6.04 Å². The van der Waals surface area contributed by atoms with E-state index < -0.39 is 6.09 Å². The number of aromatic nitrogens is 1. The maximum Gasteiger partial charge on any atom is 0.407 e. The number of thiazole rings is 1. The molecule has 0 aromatic carbocycles. The molecule has 0 bridgehead atoms. The van der Waals surface area contributed by atoms with E-state index in [4.69, 9.17) is 5.11 Å². The Morgan fingerprint density at radius 3 is 3.29 bits per heavy atom. The molecule has 0 aliphatic carbocycles. The Balaban J connectivity index is 2.18. The van der Waals surface area contributed by atoms with Crippen LogP contribution in [0.5, 0.6) is 0 Å². The Bertz CT molecular complexity index is 314. The molecule has 1 unspecified atom stereocenters. The number of amides is 1. The van der Waals surface area contributed by atoms with E-state index in [0.29, 0.717) is 19.6 Å². The van der Waals surface area contributed by atoms with Crippen molar-refractivity contribution in [2.24, 2.45) is 0 Å². The molecule has 1 fully saturated rings. The number of hydrogen-bond acceptors (Lipinski definition) is 4. The predicted octanol–water partition coefficient (Wildman–Crippen LogP) is 0.767. The molecule has 0 spiro atoms. The summed E-state index contributed by atoms with van der Waals surface area (Å²) in [6, 6.07) is -0.124. The normalized spacial score (nSPS) is 22.3. The monoisotopic (exact) mass is 213 g/mol. The number of carboxylic acid groups (broad SMARTS) is 1. The first-order valence-electron chi connectivity index (χ1n) is 4.38. The summed E-state index contributed by atoms with van der Waals surface area (Å²) in [5, 5.41) is 14.9. The van der Waals surface area contributed by atoms with Crippen molar-refractivity contribution >= 4 is 17.4 Å². The molecule has 1 aliphatic heterocycles. The zero-order valence-electron chi connectivity index (χ0n) is 7.51. The van der Waals surface area contributed by atoms with Gasteiger partial charge in [-0.2, -0.15) is 0 Å². The van der Waals surface area contributed by atoms with E-state index in [0.717, 1.165) is 5.01 Å². The van der Waals surface area contributed by atoms with Crippen LogP contribution in [0.15, 0.2) is 11.6 Å². The lowest BCUT2D eigenvalue weighted by atomic mass is 10.2. The molecule has 2 heterocycles. The van der Waals surface area contributed by atoms with Crippen molar-refractivity contribution in [3.63, 3.8) is 0 Å². The number of nitrogens with zero attached hydrogens (tertiary/aromatic N) is 2. The topological polar surface area (TPSA) is 65.5 Å². The minimum absolute atomic E-state index is 0.124. The van der Waals surface area contributed by atoms with Crippen LogP contribution in [0.1, 0.15) is 11.0 Å². The summed E-state index contributed by atoms with van der Waals surface area (Å²) in [4.78, 5) is 16.5. The van der Waals surface area contributed by atoms with Gasteiger partial charge in [0.1, 0.15) is 5.01 Å². The number of rotatable bonds is 1. The molecule has 6 heteroatoms. The number of piperazine rings is 1. The summed E-state index contributed by atoms with van der Waals surface area (Å²) < 4.78 is 0. The fourth-order valence-electron chi connectivity index (χ4n) is 1.55. The van der Waals surface area contributed by atoms with Crippen LogP contribution in [0, 0.1) is 0 Å². The fourth-order valence-corrected chi connectivity index (χ4v) is 2.30. The number of hydrogen-bond donors (Lipinski definition) is 2. The van der Waals surface area contributed by atoms with Gasteiger partial charge in [0.25, 0.3) is 0 Å². The van der Waals surface area contributed by atoms with Crippen LogP contribution in [-0.4, -0.2) is 40.7 Å². The minimum atomic E-state index is -0.869.